The normalized spacial score (nSPS) is 17.8. The summed E-state index contributed by atoms with van der Waals surface area (Å²) >= 11 is 0. The maximum absolute atomic E-state index is 14.0. The number of hydrogen-bond donors (Lipinski definition) is 5. The van der Waals surface area contributed by atoms with Crippen molar-refractivity contribution in [2.24, 2.45) is 0 Å². The number of amides is 6. The Balaban J connectivity index is 0.778. The summed E-state index contributed by atoms with van der Waals surface area (Å²) in [5.41, 5.74) is 5.06. The number of nitrogens with zero attached hydrogens (tertiary/aromatic N) is 4. The number of aromatic nitrogens is 2. The van der Waals surface area contributed by atoms with E-state index in [2.05, 4.69) is 36.4 Å². The van der Waals surface area contributed by atoms with Crippen molar-refractivity contribution in [1.29, 1.82) is 0 Å². The first-order chi connectivity index (χ1) is 32.0. The second kappa shape index (κ2) is 19.1. The van der Waals surface area contributed by atoms with Crippen LogP contribution in [0.5, 0.6) is 0 Å². The summed E-state index contributed by atoms with van der Waals surface area (Å²) in [6.45, 7) is 4.08. The highest BCUT2D eigenvalue weighted by molar-refractivity contribution is 6.23. The molecule has 0 radical (unpaired) electrons. The smallest absolute Gasteiger partial charge is 0.262 e. The second-order valence-electron chi connectivity index (χ2n) is 17.1. The topological polar surface area (TPSA) is 198 Å². The number of anilines is 4. The molecule has 66 heavy (non-hydrogen) atoms. The van der Waals surface area contributed by atoms with E-state index in [1.807, 2.05) is 35.2 Å². The van der Waals surface area contributed by atoms with Crippen LogP contribution in [0.15, 0.2) is 72.8 Å². The summed E-state index contributed by atoms with van der Waals surface area (Å²) in [5, 5.41) is 20.0. The lowest BCUT2D eigenvalue weighted by atomic mass is 10.0. The molecule has 0 bridgehead atoms. The molecule has 1 aromatic heterocycles. The van der Waals surface area contributed by atoms with Crippen LogP contribution < -0.4 is 26.2 Å². The minimum Gasteiger partial charge on any atom is -0.385 e. The lowest BCUT2D eigenvalue weighted by Gasteiger charge is -2.36. The summed E-state index contributed by atoms with van der Waals surface area (Å²) in [4.78, 5) is 82.5. The van der Waals surface area contributed by atoms with Gasteiger partial charge in [-0.25, -0.2) is 8.78 Å². The predicted molar refractivity (Wildman–Crippen MR) is 241 cm³/mol. The molecule has 5 N–H and O–H groups in total. The number of unbranched alkanes of at least 4 members (excludes halogenated alkanes) is 1. The van der Waals surface area contributed by atoms with Crippen molar-refractivity contribution in [2.45, 2.75) is 63.5 Å². The van der Waals surface area contributed by atoms with Gasteiger partial charge in [0.2, 0.25) is 17.7 Å². The van der Waals surface area contributed by atoms with Crippen LogP contribution in [0.2, 0.25) is 0 Å². The van der Waals surface area contributed by atoms with Gasteiger partial charge in [-0.05, 0) is 110 Å². The quantitative estimate of drug-likeness (QED) is 0.0687. The third-order valence-electron chi connectivity index (χ3n) is 12.6. The third-order valence-corrected chi connectivity index (χ3v) is 12.6. The summed E-state index contributed by atoms with van der Waals surface area (Å²) < 4.78 is 33.4. The minimum absolute atomic E-state index is 0.0510. The van der Waals surface area contributed by atoms with Crippen molar-refractivity contribution in [3.63, 3.8) is 0 Å². The van der Waals surface area contributed by atoms with Gasteiger partial charge >= 0.3 is 0 Å². The van der Waals surface area contributed by atoms with Gasteiger partial charge in [0.15, 0.2) is 5.82 Å². The van der Waals surface area contributed by atoms with Crippen molar-refractivity contribution >= 4 is 69.2 Å². The fraction of sp³-hybridized carbons (Fsp3) is 0.354. The van der Waals surface area contributed by atoms with E-state index < -0.39 is 41.3 Å². The SMILES string of the molecule is O=C1CCC(N2C(=O)c3ccc(NCCCCC(=O)N4CCN(c5ccc(C(=O)Nc6n[nH]c7ccc(Cc8cc(F)cc(F)c8)cc67)c(NC6CCOCC6)c5)CC4)cc3C2=O)C(=O)N1. The zero-order chi connectivity index (χ0) is 45.9. The Hall–Kier alpha value is -7.21. The molecule has 0 aliphatic carbocycles. The van der Waals surface area contributed by atoms with Gasteiger partial charge in [-0.15, -0.1) is 0 Å². The summed E-state index contributed by atoms with van der Waals surface area (Å²) in [7, 11) is 0. The van der Waals surface area contributed by atoms with Crippen molar-refractivity contribution in [1.82, 2.24) is 25.3 Å². The molecule has 3 saturated heterocycles. The van der Waals surface area contributed by atoms with Gasteiger partial charge in [0.1, 0.15) is 17.7 Å². The van der Waals surface area contributed by atoms with Crippen LogP contribution in [0.3, 0.4) is 0 Å². The highest BCUT2D eigenvalue weighted by Gasteiger charge is 2.44. The van der Waals surface area contributed by atoms with Gasteiger partial charge in [0.25, 0.3) is 17.7 Å². The molecule has 18 heteroatoms. The molecular weight excluding hydrogens is 853 g/mol. The van der Waals surface area contributed by atoms with E-state index in [1.54, 1.807) is 24.3 Å². The minimum atomic E-state index is -1.03. The molecule has 342 valence electrons. The number of ether oxygens (including phenoxy) is 1. The molecule has 9 rings (SSSR count). The number of H-pyrrole nitrogens is 1. The Morgan fingerprint density at radius 3 is 2.35 bits per heavy atom. The van der Waals surface area contributed by atoms with Gasteiger partial charge in [-0.1, -0.05) is 6.07 Å². The number of nitrogens with one attached hydrogen (secondary N) is 5. The number of benzene rings is 4. The fourth-order valence-corrected chi connectivity index (χ4v) is 9.09. The number of carbonyl (C=O) groups excluding carboxylic acids is 6. The van der Waals surface area contributed by atoms with E-state index in [1.165, 1.54) is 12.1 Å². The molecule has 4 aliphatic rings. The molecule has 16 nitrogen and oxygen atoms in total. The maximum Gasteiger partial charge on any atom is 0.262 e. The van der Waals surface area contributed by atoms with Crippen molar-refractivity contribution < 1.29 is 42.3 Å². The van der Waals surface area contributed by atoms with Gasteiger partial charge in [0, 0.05) is 93.3 Å². The average molecular weight is 902 g/mol. The number of carbonyl (C=O) groups is 6. The molecule has 5 heterocycles. The lowest BCUT2D eigenvalue weighted by Crippen LogP contribution is -2.54. The Kier molecular flexibility index (Phi) is 12.7. The lowest BCUT2D eigenvalue weighted by molar-refractivity contribution is -0.136. The van der Waals surface area contributed by atoms with Crippen molar-refractivity contribution in [3.05, 3.63) is 112 Å². The monoisotopic (exact) mass is 901 g/mol. The molecule has 6 amide bonds. The Bertz CT molecular complexity index is 2710. The maximum atomic E-state index is 14.0. The van der Waals surface area contributed by atoms with Crippen molar-refractivity contribution in [2.75, 3.05) is 66.8 Å². The zero-order valence-corrected chi connectivity index (χ0v) is 36.1. The van der Waals surface area contributed by atoms with Gasteiger partial charge < -0.3 is 30.5 Å². The Morgan fingerprint density at radius 1 is 0.803 bits per heavy atom. The van der Waals surface area contributed by atoms with Crippen LogP contribution in [0.4, 0.5) is 31.7 Å². The van der Waals surface area contributed by atoms with E-state index >= 15 is 0 Å². The number of hydrogen-bond acceptors (Lipinski definition) is 11. The highest BCUT2D eigenvalue weighted by Crippen LogP contribution is 2.32. The fourth-order valence-electron chi connectivity index (χ4n) is 9.09. The molecule has 0 saturated carbocycles. The Morgan fingerprint density at radius 2 is 1.58 bits per heavy atom. The van der Waals surface area contributed by atoms with Crippen LogP contribution in [0, 0.1) is 11.6 Å². The third kappa shape index (κ3) is 9.59. The standard InChI is InChI=1S/C48H49F2N9O7/c49-30-22-29(23-31(50)25-30)21-28-4-9-39-38(24-28)44(56-55-39)54-45(62)36-8-6-34(27-40(36)52-32-12-19-66-20-13-32)57-15-17-58(18-16-57)43(61)3-1-2-14-51-33-5-7-35-37(26-33)48(65)59(47(35)64)41-10-11-42(60)53-46(41)63/h4-9,22-27,32,41,51-52H,1-3,10-21H2,(H,53,60,63)(H2,54,55,56,62). The number of aromatic amines is 1. The number of piperazine rings is 1. The number of piperidine rings is 1. The van der Waals surface area contributed by atoms with Crippen LogP contribution in [-0.4, -0.2) is 113 Å². The Labute approximate surface area is 378 Å². The number of halogens is 2. The molecule has 1 atom stereocenters. The van der Waals surface area contributed by atoms with Crippen LogP contribution in [-0.2, 0) is 25.5 Å². The molecule has 1 unspecified atom stereocenters. The van der Waals surface area contributed by atoms with Gasteiger partial charge in [-0.3, -0.25) is 44.1 Å². The summed E-state index contributed by atoms with van der Waals surface area (Å²) in [6.07, 6.45) is 3.72. The first-order valence-electron chi connectivity index (χ1n) is 22.3. The summed E-state index contributed by atoms with van der Waals surface area (Å²) in [5.74, 6) is -3.45. The van der Waals surface area contributed by atoms with Gasteiger partial charge in [0.05, 0.1) is 22.2 Å². The van der Waals surface area contributed by atoms with Crippen LogP contribution in [0.25, 0.3) is 10.9 Å². The van der Waals surface area contributed by atoms with E-state index in [9.17, 15) is 37.5 Å². The largest absolute Gasteiger partial charge is 0.385 e. The number of imide groups is 2. The second-order valence-corrected chi connectivity index (χ2v) is 17.1. The average Bonchev–Trinajstić information content (AvgIpc) is 3.81. The molecule has 4 aliphatic heterocycles. The molecule has 4 aromatic carbocycles. The molecule has 0 spiro atoms. The van der Waals surface area contributed by atoms with E-state index in [0.29, 0.717) is 104 Å². The van der Waals surface area contributed by atoms with Gasteiger partial charge in [-0.2, -0.15) is 5.10 Å². The van der Waals surface area contributed by atoms with Crippen molar-refractivity contribution in [3.8, 4) is 0 Å². The van der Waals surface area contributed by atoms with E-state index in [-0.39, 0.29) is 48.2 Å². The summed E-state index contributed by atoms with van der Waals surface area (Å²) in [6, 6.07) is 18.6. The zero-order valence-electron chi connectivity index (χ0n) is 36.1. The predicted octanol–water partition coefficient (Wildman–Crippen LogP) is 5.61. The van der Waals surface area contributed by atoms with E-state index in [0.717, 1.165) is 35.1 Å². The first kappa shape index (κ1) is 44.0. The van der Waals surface area contributed by atoms with Crippen LogP contribution in [0.1, 0.15) is 87.1 Å². The molecular formula is C48H49F2N9O7. The molecule has 3 fully saturated rings. The highest BCUT2D eigenvalue weighted by atomic mass is 19.1. The first-order valence-corrected chi connectivity index (χ1v) is 22.3. The number of fused-ring (bicyclic) bond motifs is 2. The van der Waals surface area contributed by atoms with E-state index in [4.69, 9.17) is 4.74 Å². The molecule has 5 aromatic rings. The van der Waals surface area contributed by atoms with Crippen LogP contribution >= 0.6 is 0 Å². The number of rotatable bonds is 14.